The zero-order chi connectivity index (χ0) is 21.7. The second-order valence-corrected chi connectivity index (χ2v) is 9.83. The van der Waals surface area contributed by atoms with E-state index in [1.54, 1.807) is 0 Å². The summed E-state index contributed by atoms with van der Waals surface area (Å²) in [5, 5.41) is 6.30. The van der Waals surface area contributed by atoms with Gasteiger partial charge in [0.15, 0.2) is 0 Å². The number of nitrogens with one attached hydrogen (secondary N) is 2. The van der Waals surface area contributed by atoms with Crippen LogP contribution in [0.2, 0.25) is 0 Å². The molecular formula is C24H31N7O. The maximum Gasteiger partial charge on any atom is 0.323 e. The van der Waals surface area contributed by atoms with E-state index >= 15 is 0 Å². The molecule has 0 spiro atoms. The van der Waals surface area contributed by atoms with Crippen molar-refractivity contribution >= 4 is 29.2 Å². The Morgan fingerprint density at radius 3 is 2.47 bits per heavy atom. The number of hydrogen-bond donors (Lipinski definition) is 2. The molecule has 0 bridgehead atoms. The Hall–Kier alpha value is -2.87. The molecule has 3 aliphatic heterocycles. The van der Waals surface area contributed by atoms with E-state index in [-0.39, 0.29) is 12.1 Å². The van der Waals surface area contributed by atoms with Crippen LogP contribution in [-0.4, -0.2) is 60.2 Å². The Morgan fingerprint density at radius 2 is 1.75 bits per heavy atom. The molecule has 2 atom stereocenters. The summed E-state index contributed by atoms with van der Waals surface area (Å²) in [6.45, 7) is 5.21. The van der Waals surface area contributed by atoms with Gasteiger partial charge in [-0.25, -0.2) is 9.78 Å². The molecule has 0 radical (unpaired) electrons. The van der Waals surface area contributed by atoms with Crippen molar-refractivity contribution in [3.8, 4) is 0 Å². The normalized spacial score (nSPS) is 25.7. The second kappa shape index (κ2) is 7.92. The molecule has 1 aromatic heterocycles. The third-order valence-electron chi connectivity index (χ3n) is 7.57. The SMILES string of the molecule is CN1CC2CN(c3ccc(Nc4ncc5c(n4)N(C4CCCC4)C(=O)NC5)cc3)CC2C1. The van der Waals surface area contributed by atoms with Gasteiger partial charge in [0, 0.05) is 61.9 Å². The van der Waals surface area contributed by atoms with Crippen LogP contribution in [0, 0.1) is 11.8 Å². The number of aromatic nitrogens is 2. The molecule has 8 heteroatoms. The highest BCUT2D eigenvalue weighted by Gasteiger charge is 2.38. The van der Waals surface area contributed by atoms with Crippen molar-refractivity contribution in [3.05, 3.63) is 36.0 Å². The minimum atomic E-state index is -0.0417. The molecule has 1 aliphatic carbocycles. The van der Waals surface area contributed by atoms with E-state index in [0.29, 0.717) is 12.5 Å². The van der Waals surface area contributed by atoms with Crippen molar-refractivity contribution in [1.29, 1.82) is 0 Å². The van der Waals surface area contributed by atoms with E-state index in [0.717, 1.165) is 54.8 Å². The average molecular weight is 434 g/mol. The van der Waals surface area contributed by atoms with Gasteiger partial charge in [-0.1, -0.05) is 12.8 Å². The highest BCUT2D eigenvalue weighted by atomic mass is 16.2. The molecule has 1 saturated carbocycles. The van der Waals surface area contributed by atoms with E-state index in [1.165, 1.54) is 31.6 Å². The van der Waals surface area contributed by atoms with Crippen LogP contribution in [0.15, 0.2) is 30.5 Å². The number of anilines is 4. The van der Waals surface area contributed by atoms with Crippen LogP contribution in [0.1, 0.15) is 31.2 Å². The van der Waals surface area contributed by atoms with Gasteiger partial charge in [-0.2, -0.15) is 4.98 Å². The van der Waals surface area contributed by atoms with E-state index in [4.69, 9.17) is 4.98 Å². The van der Waals surface area contributed by atoms with Gasteiger partial charge in [-0.3, -0.25) is 4.90 Å². The number of carbonyl (C=O) groups excluding carboxylic acids is 1. The molecule has 6 rings (SSSR count). The van der Waals surface area contributed by atoms with Gasteiger partial charge in [0.05, 0.1) is 0 Å². The van der Waals surface area contributed by atoms with E-state index in [1.807, 2.05) is 11.1 Å². The van der Waals surface area contributed by atoms with Crippen molar-refractivity contribution in [3.63, 3.8) is 0 Å². The molecule has 8 nitrogen and oxygen atoms in total. The zero-order valence-corrected chi connectivity index (χ0v) is 18.6. The number of hydrogen-bond acceptors (Lipinski definition) is 6. The number of likely N-dealkylation sites (tertiary alicyclic amines) is 1. The average Bonchev–Trinajstić information content (AvgIpc) is 3.51. The Morgan fingerprint density at radius 1 is 1.03 bits per heavy atom. The molecule has 2 unspecified atom stereocenters. The van der Waals surface area contributed by atoms with Gasteiger partial charge in [-0.15, -0.1) is 0 Å². The van der Waals surface area contributed by atoms with Crippen LogP contribution in [0.3, 0.4) is 0 Å². The number of nitrogens with zero attached hydrogens (tertiary/aromatic N) is 5. The predicted molar refractivity (Wildman–Crippen MR) is 125 cm³/mol. The largest absolute Gasteiger partial charge is 0.371 e. The number of carbonyl (C=O) groups is 1. The summed E-state index contributed by atoms with van der Waals surface area (Å²) >= 11 is 0. The summed E-state index contributed by atoms with van der Waals surface area (Å²) in [4.78, 5) is 28.7. The quantitative estimate of drug-likeness (QED) is 0.771. The molecule has 1 aromatic carbocycles. The van der Waals surface area contributed by atoms with Gasteiger partial charge < -0.3 is 20.4 Å². The molecule has 3 fully saturated rings. The monoisotopic (exact) mass is 433 g/mol. The third kappa shape index (κ3) is 3.56. The third-order valence-corrected chi connectivity index (χ3v) is 7.57. The summed E-state index contributed by atoms with van der Waals surface area (Å²) in [6, 6.07) is 8.75. The Labute approximate surface area is 189 Å². The highest BCUT2D eigenvalue weighted by Crippen LogP contribution is 2.34. The minimum absolute atomic E-state index is 0.0417. The Balaban J connectivity index is 1.17. The van der Waals surface area contributed by atoms with Gasteiger partial charge in [0.2, 0.25) is 5.95 Å². The number of urea groups is 1. The van der Waals surface area contributed by atoms with Crippen LogP contribution in [-0.2, 0) is 6.54 Å². The first kappa shape index (κ1) is 19.8. The molecule has 4 aliphatic rings. The zero-order valence-electron chi connectivity index (χ0n) is 18.6. The minimum Gasteiger partial charge on any atom is -0.371 e. The van der Waals surface area contributed by atoms with E-state index in [9.17, 15) is 4.79 Å². The molecule has 2 N–H and O–H groups in total. The maximum absolute atomic E-state index is 12.6. The molecule has 4 heterocycles. The first-order valence-corrected chi connectivity index (χ1v) is 11.9. The molecule has 2 saturated heterocycles. The lowest BCUT2D eigenvalue weighted by Gasteiger charge is -2.33. The molecular weight excluding hydrogens is 402 g/mol. The summed E-state index contributed by atoms with van der Waals surface area (Å²) < 4.78 is 0. The lowest BCUT2D eigenvalue weighted by Crippen LogP contribution is -2.49. The highest BCUT2D eigenvalue weighted by molar-refractivity contribution is 5.94. The summed E-state index contributed by atoms with van der Waals surface area (Å²) in [6.07, 6.45) is 6.24. The van der Waals surface area contributed by atoms with Crippen LogP contribution in [0.5, 0.6) is 0 Å². The van der Waals surface area contributed by atoms with Crippen molar-refractivity contribution in [2.45, 2.75) is 38.3 Å². The fourth-order valence-electron chi connectivity index (χ4n) is 5.97. The van der Waals surface area contributed by atoms with Crippen molar-refractivity contribution in [2.75, 3.05) is 48.3 Å². The topological polar surface area (TPSA) is 76.6 Å². The van der Waals surface area contributed by atoms with Crippen LogP contribution >= 0.6 is 0 Å². The van der Waals surface area contributed by atoms with Gasteiger partial charge in [0.25, 0.3) is 0 Å². The lowest BCUT2D eigenvalue weighted by atomic mass is 10.0. The maximum atomic E-state index is 12.6. The molecule has 2 aromatic rings. The first-order chi connectivity index (χ1) is 15.6. The van der Waals surface area contributed by atoms with Gasteiger partial charge in [0.1, 0.15) is 5.82 Å². The van der Waals surface area contributed by atoms with E-state index < -0.39 is 0 Å². The smallest absolute Gasteiger partial charge is 0.323 e. The van der Waals surface area contributed by atoms with Crippen molar-refractivity contribution in [2.24, 2.45) is 11.8 Å². The van der Waals surface area contributed by atoms with Crippen LogP contribution < -0.4 is 20.4 Å². The fraction of sp³-hybridized carbons (Fsp3) is 0.542. The van der Waals surface area contributed by atoms with Crippen molar-refractivity contribution < 1.29 is 4.79 Å². The van der Waals surface area contributed by atoms with E-state index in [2.05, 4.69) is 56.7 Å². The van der Waals surface area contributed by atoms with Gasteiger partial charge >= 0.3 is 6.03 Å². The lowest BCUT2D eigenvalue weighted by molar-refractivity contribution is 0.241. The fourth-order valence-corrected chi connectivity index (χ4v) is 5.97. The number of amides is 2. The van der Waals surface area contributed by atoms with Gasteiger partial charge in [-0.05, 0) is 56.0 Å². The molecule has 2 amide bonds. The molecule has 168 valence electrons. The first-order valence-electron chi connectivity index (χ1n) is 11.9. The summed E-state index contributed by atoms with van der Waals surface area (Å²) in [7, 11) is 2.23. The Kier molecular flexibility index (Phi) is 4.90. The number of rotatable bonds is 4. The second-order valence-electron chi connectivity index (χ2n) is 9.83. The van der Waals surface area contributed by atoms with Crippen LogP contribution in [0.4, 0.5) is 27.9 Å². The Bertz CT molecular complexity index is 990. The number of fused-ring (bicyclic) bond motifs is 2. The predicted octanol–water partition coefficient (Wildman–Crippen LogP) is 3.19. The summed E-state index contributed by atoms with van der Waals surface area (Å²) in [5.41, 5.74) is 3.21. The standard InChI is InChI=1S/C24H31N7O/c1-29-12-17-14-30(15-18(17)13-29)20-8-6-19(7-9-20)27-23-25-10-16-11-26-24(32)31(22(16)28-23)21-4-2-3-5-21/h6-10,17-18,21H,2-5,11-15H2,1H3,(H,26,32)(H,25,27,28). The summed E-state index contributed by atoms with van der Waals surface area (Å²) in [5.74, 6) is 2.87. The number of benzene rings is 1. The van der Waals surface area contributed by atoms with Crippen molar-refractivity contribution in [1.82, 2.24) is 20.2 Å². The van der Waals surface area contributed by atoms with Crippen LogP contribution in [0.25, 0.3) is 0 Å². The molecule has 32 heavy (non-hydrogen) atoms.